The van der Waals surface area contributed by atoms with Crippen molar-refractivity contribution >= 4 is 21.8 Å². The van der Waals surface area contributed by atoms with Gasteiger partial charge in [-0.05, 0) is 55.4 Å². The Kier molecular flexibility index (Phi) is 6.09. The molecule has 1 aromatic rings. The number of hydrogen-bond acceptors (Lipinski definition) is 4. The van der Waals surface area contributed by atoms with Gasteiger partial charge in [0, 0.05) is 38.2 Å². The normalized spacial score (nSPS) is 27.8. The summed E-state index contributed by atoms with van der Waals surface area (Å²) in [5.41, 5.74) is 0.430. The van der Waals surface area contributed by atoms with Gasteiger partial charge in [0.05, 0.1) is 4.90 Å². The monoisotopic (exact) mass is 407 g/mol. The lowest BCUT2D eigenvalue weighted by Gasteiger charge is -2.44. The molecule has 7 nitrogen and oxygen atoms in total. The molecule has 2 N–H and O–H groups in total. The summed E-state index contributed by atoms with van der Waals surface area (Å²) in [5, 5.41) is 6.15. The number of carbonyl (C=O) groups excluding carboxylic acids is 2. The first-order valence-corrected chi connectivity index (χ1v) is 11.3. The summed E-state index contributed by atoms with van der Waals surface area (Å²) in [6.45, 7) is 2.13. The van der Waals surface area contributed by atoms with Crippen molar-refractivity contribution in [2.24, 2.45) is 11.8 Å². The molecule has 1 aliphatic carbocycles. The van der Waals surface area contributed by atoms with Crippen molar-refractivity contribution in [2.75, 3.05) is 14.1 Å². The summed E-state index contributed by atoms with van der Waals surface area (Å²) in [6, 6.07) is 6.11. The fourth-order valence-corrected chi connectivity index (χ4v) is 5.32. The van der Waals surface area contributed by atoms with Crippen molar-refractivity contribution < 1.29 is 18.0 Å². The Morgan fingerprint density at radius 3 is 2.50 bits per heavy atom. The van der Waals surface area contributed by atoms with E-state index in [2.05, 4.69) is 17.6 Å². The van der Waals surface area contributed by atoms with Crippen LogP contribution in [-0.4, -0.2) is 50.7 Å². The second-order valence-corrected chi connectivity index (χ2v) is 10.2. The predicted molar refractivity (Wildman–Crippen MR) is 106 cm³/mol. The van der Waals surface area contributed by atoms with E-state index in [9.17, 15) is 18.0 Å². The molecule has 2 fully saturated rings. The topological polar surface area (TPSA) is 95.6 Å². The molecule has 2 aliphatic rings. The van der Waals surface area contributed by atoms with Crippen molar-refractivity contribution in [1.82, 2.24) is 14.9 Å². The summed E-state index contributed by atoms with van der Waals surface area (Å²) in [6.07, 6.45) is 4.25. The first-order valence-electron chi connectivity index (χ1n) is 9.85. The predicted octanol–water partition coefficient (Wildman–Crippen LogP) is 1.75. The van der Waals surface area contributed by atoms with Gasteiger partial charge in [-0.2, -0.15) is 0 Å². The van der Waals surface area contributed by atoms with Gasteiger partial charge in [0.2, 0.25) is 15.9 Å². The van der Waals surface area contributed by atoms with Crippen LogP contribution in [-0.2, 0) is 14.8 Å². The highest BCUT2D eigenvalue weighted by molar-refractivity contribution is 7.89. The fourth-order valence-electron chi connectivity index (χ4n) is 4.42. The van der Waals surface area contributed by atoms with Crippen LogP contribution in [0.25, 0.3) is 0 Å². The van der Waals surface area contributed by atoms with Crippen LogP contribution in [0.1, 0.15) is 49.4 Å². The quantitative estimate of drug-likeness (QED) is 0.777. The van der Waals surface area contributed by atoms with Gasteiger partial charge in [0.25, 0.3) is 5.91 Å². The molecule has 0 bridgehead atoms. The molecule has 4 atom stereocenters. The third-order valence-electron chi connectivity index (χ3n) is 6.06. The summed E-state index contributed by atoms with van der Waals surface area (Å²) >= 11 is 0. The van der Waals surface area contributed by atoms with Crippen LogP contribution in [0, 0.1) is 11.8 Å². The van der Waals surface area contributed by atoms with Crippen LogP contribution in [0.5, 0.6) is 0 Å². The minimum atomic E-state index is -3.51. The third-order valence-corrected chi connectivity index (χ3v) is 7.89. The van der Waals surface area contributed by atoms with Gasteiger partial charge in [-0.3, -0.25) is 9.59 Å². The number of nitrogens with one attached hydrogen (secondary N) is 2. The number of carbonyl (C=O) groups is 2. The van der Waals surface area contributed by atoms with Crippen molar-refractivity contribution in [1.29, 1.82) is 0 Å². The van der Waals surface area contributed by atoms with Gasteiger partial charge < -0.3 is 10.6 Å². The second-order valence-electron chi connectivity index (χ2n) is 8.01. The van der Waals surface area contributed by atoms with Crippen LogP contribution in [0.3, 0.4) is 0 Å². The third kappa shape index (κ3) is 4.22. The molecule has 1 saturated carbocycles. The summed E-state index contributed by atoms with van der Waals surface area (Å²) in [7, 11) is -0.568. The van der Waals surface area contributed by atoms with E-state index >= 15 is 0 Å². The number of piperidine rings is 1. The molecular formula is C20H29N3O4S. The number of fused-ring (bicyclic) bond motifs is 1. The van der Waals surface area contributed by atoms with Gasteiger partial charge >= 0.3 is 0 Å². The van der Waals surface area contributed by atoms with Crippen molar-refractivity contribution in [3.8, 4) is 0 Å². The molecule has 3 rings (SSSR count). The average Bonchev–Trinajstić information content (AvgIpc) is 2.66. The zero-order valence-corrected chi connectivity index (χ0v) is 17.5. The lowest BCUT2D eigenvalue weighted by atomic mass is 9.70. The molecule has 154 valence electrons. The molecule has 1 saturated heterocycles. The van der Waals surface area contributed by atoms with Gasteiger partial charge in [-0.15, -0.1) is 0 Å². The fraction of sp³-hybridized carbons (Fsp3) is 0.600. The Bertz CT molecular complexity index is 836. The van der Waals surface area contributed by atoms with Crippen LogP contribution in [0.2, 0.25) is 0 Å². The molecule has 28 heavy (non-hydrogen) atoms. The van der Waals surface area contributed by atoms with Crippen LogP contribution < -0.4 is 10.6 Å². The molecule has 1 aliphatic heterocycles. The lowest BCUT2D eigenvalue weighted by molar-refractivity contribution is -0.127. The Morgan fingerprint density at radius 2 is 1.89 bits per heavy atom. The largest absolute Gasteiger partial charge is 0.353 e. The molecule has 1 aromatic carbocycles. The smallest absolute Gasteiger partial charge is 0.251 e. The second kappa shape index (κ2) is 8.21. The number of benzene rings is 1. The van der Waals surface area contributed by atoms with E-state index in [1.165, 1.54) is 38.4 Å². The Labute approximate surface area is 166 Å². The minimum absolute atomic E-state index is 0.00911. The van der Waals surface area contributed by atoms with E-state index in [0.717, 1.165) is 30.0 Å². The maximum atomic E-state index is 12.6. The molecule has 2 amide bonds. The first kappa shape index (κ1) is 20.8. The molecule has 0 radical (unpaired) electrons. The number of rotatable bonds is 5. The number of amides is 2. The van der Waals surface area contributed by atoms with E-state index in [0.29, 0.717) is 23.8 Å². The zero-order valence-electron chi connectivity index (χ0n) is 16.6. The maximum Gasteiger partial charge on any atom is 0.251 e. The number of hydrogen-bond donors (Lipinski definition) is 2. The first-order chi connectivity index (χ1) is 13.2. The standard InChI is InChI=1S/C20H29N3O4S/c1-4-13-11-19(24)22-18-12-15(7-10-17(13)18)21-20(25)14-5-8-16(9-6-14)28(26,27)23(2)3/h5-6,8-9,13,15,17-18H,4,7,10-12H2,1-3H3,(H,21,25)(H,22,24). The highest BCUT2D eigenvalue weighted by atomic mass is 32.2. The molecule has 8 heteroatoms. The highest BCUT2D eigenvalue weighted by Crippen LogP contribution is 2.37. The lowest BCUT2D eigenvalue weighted by Crippen LogP contribution is -2.55. The average molecular weight is 408 g/mol. The van der Waals surface area contributed by atoms with Crippen LogP contribution in [0.15, 0.2) is 29.2 Å². The molecular weight excluding hydrogens is 378 g/mol. The van der Waals surface area contributed by atoms with Gasteiger partial charge in [0.15, 0.2) is 0 Å². The summed E-state index contributed by atoms with van der Waals surface area (Å²) < 4.78 is 25.4. The van der Waals surface area contributed by atoms with Crippen molar-refractivity contribution in [3.05, 3.63) is 29.8 Å². The van der Waals surface area contributed by atoms with E-state index < -0.39 is 10.0 Å². The van der Waals surface area contributed by atoms with Gasteiger partial charge in [-0.25, -0.2) is 12.7 Å². The Morgan fingerprint density at radius 1 is 1.21 bits per heavy atom. The van der Waals surface area contributed by atoms with E-state index in [1.54, 1.807) is 0 Å². The molecule has 0 spiro atoms. The SMILES string of the molecule is CCC1CC(=O)NC2CC(NC(=O)c3ccc(S(=O)(=O)N(C)C)cc3)CCC12. The zero-order chi connectivity index (χ0) is 20.5. The summed E-state index contributed by atoms with van der Waals surface area (Å²) in [5.74, 6) is 0.817. The van der Waals surface area contributed by atoms with Crippen molar-refractivity contribution in [2.45, 2.75) is 56.0 Å². The number of sulfonamides is 1. The number of nitrogens with zero attached hydrogens (tertiary/aromatic N) is 1. The molecule has 4 unspecified atom stereocenters. The minimum Gasteiger partial charge on any atom is -0.353 e. The summed E-state index contributed by atoms with van der Waals surface area (Å²) in [4.78, 5) is 24.7. The highest BCUT2D eigenvalue weighted by Gasteiger charge is 2.40. The van der Waals surface area contributed by atoms with E-state index in [4.69, 9.17) is 0 Å². The van der Waals surface area contributed by atoms with Crippen molar-refractivity contribution in [3.63, 3.8) is 0 Å². The Balaban J connectivity index is 1.63. The van der Waals surface area contributed by atoms with Gasteiger partial charge in [0.1, 0.15) is 0 Å². The Hall–Kier alpha value is -1.93. The van der Waals surface area contributed by atoms with Crippen LogP contribution in [0.4, 0.5) is 0 Å². The van der Waals surface area contributed by atoms with Gasteiger partial charge in [-0.1, -0.05) is 13.3 Å². The van der Waals surface area contributed by atoms with E-state index in [-0.39, 0.29) is 28.8 Å². The molecule has 0 aromatic heterocycles. The maximum absolute atomic E-state index is 12.6. The molecule has 1 heterocycles. The van der Waals surface area contributed by atoms with E-state index in [1.807, 2.05) is 0 Å². The van der Waals surface area contributed by atoms with Crippen LogP contribution >= 0.6 is 0 Å².